The highest BCUT2D eigenvalue weighted by Crippen LogP contribution is 2.33. The topological polar surface area (TPSA) is 37.4 Å². The molecule has 0 spiro atoms. The van der Waals surface area contributed by atoms with Crippen LogP contribution in [0.25, 0.3) is 10.8 Å². The third kappa shape index (κ3) is 2.97. The van der Waals surface area contributed by atoms with Gasteiger partial charge in [-0.3, -0.25) is 4.31 Å². The summed E-state index contributed by atoms with van der Waals surface area (Å²) in [5.74, 6) is 0. The summed E-state index contributed by atoms with van der Waals surface area (Å²) in [5.41, 5.74) is 0.642. The lowest BCUT2D eigenvalue weighted by Crippen LogP contribution is -2.31. The van der Waals surface area contributed by atoms with E-state index in [-0.39, 0.29) is 11.4 Å². The van der Waals surface area contributed by atoms with E-state index in [1.165, 1.54) is 4.31 Å². The Kier molecular flexibility index (Phi) is 4.73. The van der Waals surface area contributed by atoms with Gasteiger partial charge in [0.15, 0.2) is 0 Å². The standard InChI is InChI=1S/C19H16BrNO2S/c1-2-14-21(24(22,23)19-13-6-5-11-17(19)20)18-12-7-9-15-8-3-4-10-16(15)18/h2-13H,1,14H2. The average molecular weight is 402 g/mol. The quantitative estimate of drug-likeness (QED) is 0.565. The second-order valence-corrected chi connectivity index (χ2v) is 7.94. The van der Waals surface area contributed by atoms with Crippen LogP contribution in [0.4, 0.5) is 5.69 Å². The minimum Gasteiger partial charge on any atom is -0.262 e. The fraction of sp³-hybridized carbons (Fsp3) is 0.0526. The Balaban J connectivity index is 2.24. The number of fused-ring (bicyclic) bond motifs is 1. The largest absolute Gasteiger partial charge is 0.265 e. The molecule has 0 aliphatic heterocycles. The monoisotopic (exact) mass is 401 g/mol. The van der Waals surface area contributed by atoms with Crippen molar-refractivity contribution >= 4 is 42.4 Å². The summed E-state index contributed by atoms with van der Waals surface area (Å²) in [7, 11) is -3.72. The maximum atomic E-state index is 13.2. The van der Waals surface area contributed by atoms with E-state index in [4.69, 9.17) is 0 Å². The van der Waals surface area contributed by atoms with Crippen LogP contribution in [0.5, 0.6) is 0 Å². The van der Waals surface area contributed by atoms with Crippen LogP contribution >= 0.6 is 15.9 Å². The number of benzene rings is 3. The zero-order valence-electron chi connectivity index (χ0n) is 12.9. The molecule has 0 amide bonds. The number of anilines is 1. The Labute approximate surface area is 150 Å². The van der Waals surface area contributed by atoms with Gasteiger partial charge in [-0.05, 0) is 39.5 Å². The smallest absolute Gasteiger partial charge is 0.262 e. The van der Waals surface area contributed by atoms with Crippen molar-refractivity contribution in [2.45, 2.75) is 4.90 Å². The van der Waals surface area contributed by atoms with Gasteiger partial charge in [-0.1, -0.05) is 54.6 Å². The molecule has 0 atom stereocenters. The molecule has 0 saturated heterocycles. The van der Waals surface area contributed by atoms with E-state index in [1.54, 1.807) is 30.3 Å². The molecule has 0 fully saturated rings. The highest BCUT2D eigenvalue weighted by Gasteiger charge is 2.27. The number of nitrogens with zero attached hydrogens (tertiary/aromatic N) is 1. The fourth-order valence-corrected chi connectivity index (χ4v) is 5.06. The van der Waals surface area contributed by atoms with E-state index in [9.17, 15) is 8.42 Å². The number of rotatable bonds is 5. The van der Waals surface area contributed by atoms with Gasteiger partial charge in [0.1, 0.15) is 4.90 Å². The third-order valence-electron chi connectivity index (χ3n) is 3.73. The summed E-state index contributed by atoms with van der Waals surface area (Å²) in [4.78, 5) is 0.236. The molecule has 24 heavy (non-hydrogen) atoms. The van der Waals surface area contributed by atoms with Gasteiger partial charge in [-0.2, -0.15) is 0 Å². The molecule has 0 aliphatic carbocycles. The Morgan fingerprint density at radius 3 is 2.38 bits per heavy atom. The first-order valence-electron chi connectivity index (χ1n) is 7.41. The second-order valence-electron chi connectivity index (χ2n) is 5.25. The molecule has 0 aliphatic rings. The third-order valence-corrected chi connectivity index (χ3v) is 6.53. The normalized spacial score (nSPS) is 11.4. The Morgan fingerprint density at radius 1 is 0.958 bits per heavy atom. The first kappa shape index (κ1) is 16.7. The molecule has 0 unspecified atom stereocenters. The van der Waals surface area contributed by atoms with Crippen molar-refractivity contribution in [1.82, 2.24) is 0 Å². The van der Waals surface area contributed by atoms with Crippen molar-refractivity contribution in [2.75, 3.05) is 10.8 Å². The van der Waals surface area contributed by atoms with Crippen LogP contribution < -0.4 is 4.31 Å². The van der Waals surface area contributed by atoms with Crippen LogP contribution in [0.3, 0.4) is 0 Å². The van der Waals surface area contributed by atoms with Crippen molar-refractivity contribution in [3.8, 4) is 0 Å². The van der Waals surface area contributed by atoms with Gasteiger partial charge >= 0.3 is 0 Å². The molecular formula is C19H16BrNO2S. The van der Waals surface area contributed by atoms with Gasteiger partial charge in [0.05, 0.1) is 12.2 Å². The van der Waals surface area contributed by atoms with Crippen LogP contribution in [-0.4, -0.2) is 15.0 Å². The van der Waals surface area contributed by atoms with E-state index in [0.29, 0.717) is 10.2 Å². The zero-order valence-corrected chi connectivity index (χ0v) is 15.3. The molecule has 0 bridgehead atoms. The van der Waals surface area contributed by atoms with Crippen molar-refractivity contribution in [3.63, 3.8) is 0 Å². The van der Waals surface area contributed by atoms with Crippen molar-refractivity contribution in [2.24, 2.45) is 0 Å². The fourth-order valence-electron chi connectivity index (χ4n) is 2.64. The molecule has 0 aromatic heterocycles. The number of hydrogen-bond donors (Lipinski definition) is 0. The lowest BCUT2D eigenvalue weighted by molar-refractivity contribution is 0.592. The van der Waals surface area contributed by atoms with Crippen LogP contribution in [0.15, 0.2) is 88.8 Å². The number of hydrogen-bond acceptors (Lipinski definition) is 2. The van der Waals surface area contributed by atoms with Crippen molar-refractivity contribution < 1.29 is 8.42 Å². The van der Waals surface area contributed by atoms with Crippen LogP contribution in [0.1, 0.15) is 0 Å². The second kappa shape index (κ2) is 6.79. The van der Waals surface area contributed by atoms with Gasteiger partial charge in [-0.15, -0.1) is 6.58 Å². The molecule has 3 rings (SSSR count). The molecule has 122 valence electrons. The van der Waals surface area contributed by atoms with Crippen molar-refractivity contribution in [3.05, 3.63) is 83.9 Å². The minimum atomic E-state index is -3.72. The summed E-state index contributed by atoms with van der Waals surface area (Å²) in [5, 5.41) is 1.88. The molecule has 0 radical (unpaired) electrons. The molecule has 3 aromatic rings. The first-order valence-corrected chi connectivity index (χ1v) is 9.65. The summed E-state index contributed by atoms with van der Waals surface area (Å²) < 4.78 is 28.4. The summed E-state index contributed by atoms with van der Waals surface area (Å²) in [6.07, 6.45) is 1.59. The highest BCUT2D eigenvalue weighted by molar-refractivity contribution is 9.10. The average Bonchev–Trinajstić information content (AvgIpc) is 2.59. The molecule has 5 heteroatoms. The number of halogens is 1. The predicted molar refractivity (Wildman–Crippen MR) is 103 cm³/mol. The SMILES string of the molecule is C=CCN(c1cccc2ccccc12)S(=O)(=O)c1ccccc1Br. The Hall–Kier alpha value is -2.11. The van der Waals surface area contributed by atoms with E-state index in [0.717, 1.165) is 10.8 Å². The van der Waals surface area contributed by atoms with Crippen molar-refractivity contribution in [1.29, 1.82) is 0 Å². The van der Waals surface area contributed by atoms with E-state index >= 15 is 0 Å². The minimum absolute atomic E-state index is 0.192. The number of sulfonamides is 1. The van der Waals surface area contributed by atoms with Crippen LogP contribution in [0.2, 0.25) is 0 Å². The lowest BCUT2D eigenvalue weighted by atomic mass is 10.1. The van der Waals surface area contributed by atoms with Gasteiger partial charge in [-0.25, -0.2) is 8.42 Å². The summed E-state index contributed by atoms with van der Waals surface area (Å²) in [6, 6.07) is 20.2. The molecule has 0 N–H and O–H groups in total. The molecule has 3 nitrogen and oxygen atoms in total. The maximum absolute atomic E-state index is 13.2. The molecule has 0 saturated carbocycles. The summed E-state index contributed by atoms with van der Waals surface area (Å²) in [6.45, 7) is 3.91. The molecule has 3 aromatic carbocycles. The van der Waals surface area contributed by atoms with Gasteiger partial charge < -0.3 is 0 Å². The molecular weight excluding hydrogens is 386 g/mol. The van der Waals surface area contributed by atoms with Gasteiger partial charge in [0.25, 0.3) is 10.0 Å². The zero-order chi connectivity index (χ0) is 17.2. The Morgan fingerprint density at radius 2 is 1.62 bits per heavy atom. The lowest BCUT2D eigenvalue weighted by Gasteiger charge is -2.25. The van der Waals surface area contributed by atoms with E-state index in [1.807, 2.05) is 42.5 Å². The molecule has 0 heterocycles. The predicted octanol–water partition coefficient (Wildman–Crippen LogP) is 4.98. The van der Waals surface area contributed by atoms with Gasteiger partial charge in [0, 0.05) is 9.86 Å². The van der Waals surface area contributed by atoms with E-state index in [2.05, 4.69) is 22.5 Å². The van der Waals surface area contributed by atoms with Crippen LogP contribution in [-0.2, 0) is 10.0 Å². The highest BCUT2D eigenvalue weighted by atomic mass is 79.9. The van der Waals surface area contributed by atoms with E-state index < -0.39 is 10.0 Å². The van der Waals surface area contributed by atoms with Crippen LogP contribution in [0, 0.1) is 0 Å². The van der Waals surface area contributed by atoms with Gasteiger partial charge in [0.2, 0.25) is 0 Å². The first-order chi connectivity index (χ1) is 11.6. The Bertz CT molecular complexity index is 994. The maximum Gasteiger partial charge on any atom is 0.265 e. The summed E-state index contributed by atoms with van der Waals surface area (Å²) >= 11 is 3.34.